The van der Waals surface area contributed by atoms with E-state index in [4.69, 9.17) is 10.2 Å². The summed E-state index contributed by atoms with van der Waals surface area (Å²) in [6.45, 7) is 4.65. The Morgan fingerprint density at radius 2 is 2.10 bits per heavy atom. The lowest BCUT2D eigenvalue weighted by Gasteiger charge is -2.38. The van der Waals surface area contributed by atoms with Crippen molar-refractivity contribution in [2.75, 3.05) is 13.1 Å². The van der Waals surface area contributed by atoms with Gasteiger partial charge in [0.1, 0.15) is 5.76 Å². The van der Waals surface area contributed by atoms with Gasteiger partial charge in [0.2, 0.25) is 0 Å². The van der Waals surface area contributed by atoms with Gasteiger partial charge in [-0.3, -0.25) is 9.59 Å². The van der Waals surface area contributed by atoms with Crippen molar-refractivity contribution in [3.05, 3.63) is 35.0 Å². The number of carbonyl (C=O) groups is 2. The van der Waals surface area contributed by atoms with Crippen molar-refractivity contribution in [1.82, 2.24) is 19.9 Å². The first-order chi connectivity index (χ1) is 9.95. The number of primary amides is 1. The molecule has 0 aromatic carbocycles. The zero-order valence-corrected chi connectivity index (χ0v) is 11.7. The van der Waals surface area contributed by atoms with E-state index in [1.807, 2.05) is 19.9 Å². The van der Waals surface area contributed by atoms with E-state index in [0.29, 0.717) is 18.8 Å². The van der Waals surface area contributed by atoms with Gasteiger partial charge in [-0.25, -0.2) is 4.68 Å². The zero-order chi connectivity index (χ0) is 15.1. The van der Waals surface area contributed by atoms with Crippen molar-refractivity contribution in [3.63, 3.8) is 0 Å². The first-order valence-electron chi connectivity index (χ1n) is 6.53. The predicted octanol–water partition coefficient (Wildman–Crippen LogP) is 0.284. The van der Waals surface area contributed by atoms with Crippen molar-refractivity contribution in [1.29, 1.82) is 0 Å². The minimum atomic E-state index is -0.616. The lowest BCUT2D eigenvalue weighted by molar-refractivity contribution is 0.0464. The molecule has 1 aliphatic rings. The van der Waals surface area contributed by atoms with E-state index in [1.165, 1.54) is 6.20 Å². The van der Waals surface area contributed by atoms with Crippen LogP contribution in [0.1, 0.15) is 38.4 Å². The number of aryl methyl sites for hydroxylation is 2. The van der Waals surface area contributed by atoms with Crippen LogP contribution in [-0.2, 0) is 0 Å². The van der Waals surface area contributed by atoms with Gasteiger partial charge >= 0.3 is 0 Å². The summed E-state index contributed by atoms with van der Waals surface area (Å²) >= 11 is 0. The van der Waals surface area contributed by atoms with Gasteiger partial charge in [0, 0.05) is 18.7 Å². The molecule has 3 rings (SSSR count). The maximum absolute atomic E-state index is 12.3. The second-order valence-corrected chi connectivity index (χ2v) is 5.18. The smallest absolute Gasteiger partial charge is 0.289 e. The molecule has 8 nitrogen and oxygen atoms in total. The molecule has 1 fully saturated rings. The lowest BCUT2D eigenvalue weighted by Crippen LogP contribution is -2.51. The average Bonchev–Trinajstić information content (AvgIpc) is 2.94. The van der Waals surface area contributed by atoms with E-state index in [9.17, 15) is 9.59 Å². The number of hydrogen-bond acceptors (Lipinski definition) is 5. The van der Waals surface area contributed by atoms with Crippen molar-refractivity contribution in [3.8, 4) is 0 Å². The van der Waals surface area contributed by atoms with Gasteiger partial charge in [-0.05, 0) is 19.9 Å². The van der Waals surface area contributed by atoms with Crippen LogP contribution < -0.4 is 5.73 Å². The Morgan fingerprint density at radius 3 is 2.62 bits per heavy atom. The van der Waals surface area contributed by atoms with Crippen LogP contribution in [0.5, 0.6) is 0 Å². The minimum absolute atomic E-state index is 0.00548. The molecule has 110 valence electrons. The fourth-order valence-corrected chi connectivity index (χ4v) is 2.35. The molecule has 0 atom stereocenters. The number of rotatable bonds is 3. The zero-order valence-electron chi connectivity index (χ0n) is 11.7. The SMILES string of the molecule is Cc1cc(C)c(C(=O)N2CC(n3cc(C(N)=O)nn3)C2)o1. The van der Waals surface area contributed by atoms with Crippen LogP contribution in [-0.4, -0.2) is 44.8 Å². The molecule has 2 aromatic rings. The quantitative estimate of drug-likeness (QED) is 0.873. The Kier molecular flexibility index (Phi) is 3.00. The van der Waals surface area contributed by atoms with Crippen molar-refractivity contribution in [2.24, 2.45) is 5.73 Å². The number of nitrogens with two attached hydrogens (primary N) is 1. The molecule has 2 N–H and O–H groups in total. The van der Waals surface area contributed by atoms with E-state index in [-0.39, 0.29) is 17.6 Å². The third-order valence-electron chi connectivity index (χ3n) is 3.52. The first kappa shape index (κ1) is 13.3. The van der Waals surface area contributed by atoms with Gasteiger partial charge in [0.15, 0.2) is 11.5 Å². The summed E-state index contributed by atoms with van der Waals surface area (Å²) in [4.78, 5) is 24.9. The molecule has 21 heavy (non-hydrogen) atoms. The van der Waals surface area contributed by atoms with Gasteiger partial charge in [0.05, 0.1) is 12.2 Å². The molecule has 2 aromatic heterocycles. The van der Waals surface area contributed by atoms with Gasteiger partial charge in [-0.2, -0.15) is 0 Å². The molecule has 3 heterocycles. The van der Waals surface area contributed by atoms with Gasteiger partial charge in [-0.1, -0.05) is 5.21 Å². The van der Waals surface area contributed by atoms with Crippen LogP contribution in [0, 0.1) is 13.8 Å². The van der Waals surface area contributed by atoms with E-state index < -0.39 is 5.91 Å². The number of likely N-dealkylation sites (tertiary alicyclic amines) is 1. The van der Waals surface area contributed by atoms with Crippen LogP contribution in [0.4, 0.5) is 0 Å². The Balaban J connectivity index is 1.66. The molecule has 2 amide bonds. The highest BCUT2D eigenvalue weighted by molar-refractivity contribution is 5.93. The lowest BCUT2D eigenvalue weighted by atomic mass is 10.1. The van der Waals surface area contributed by atoms with Crippen LogP contribution in [0.3, 0.4) is 0 Å². The van der Waals surface area contributed by atoms with Gasteiger partial charge in [0.25, 0.3) is 11.8 Å². The highest BCUT2D eigenvalue weighted by atomic mass is 16.4. The standard InChI is InChI=1S/C13H15N5O3/c1-7-3-8(2)21-11(7)13(20)17-4-9(5-17)18-6-10(12(14)19)15-16-18/h3,6,9H,4-5H2,1-2H3,(H2,14,19). The molecule has 0 saturated carbocycles. The van der Waals surface area contributed by atoms with E-state index >= 15 is 0 Å². The molecule has 1 aliphatic heterocycles. The average molecular weight is 289 g/mol. The maximum Gasteiger partial charge on any atom is 0.289 e. The third kappa shape index (κ3) is 2.28. The number of furan rings is 1. The molecule has 0 radical (unpaired) electrons. The fraction of sp³-hybridized carbons (Fsp3) is 0.385. The molecule has 8 heteroatoms. The summed E-state index contributed by atoms with van der Waals surface area (Å²) in [6.07, 6.45) is 1.50. The minimum Gasteiger partial charge on any atom is -0.456 e. The number of nitrogens with zero attached hydrogens (tertiary/aromatic N) is 4. The van der Waals surface area contributed by atoms with E-state index in [1.54, 1.807) is 9.58 Å². The highest BCUT2D eigenvalue weighted by Gasteiger charge is 2.35. The number of aromatic nitrogens is 3. The molecular formula is C13H15N5O3. The Hall–Kier alpha value is -2.64. The Morgan fingerprint density at radius 1 is 1.38 bits per heavy atom. The highest BCUT2D eigenvalue weighted by Crippen LogP contribution is 2.24. The van der Waals surface area contributed by atoms with Crippen LogP contribution in [0.25, 0.3) is 0 Å². The van der Waals surface area contributed by atoms with Gasteiger partial charge in [-0.15, -0.1) is 5.10 Å². The molecule has 0 unspecified atom stereocenters. The van der Waals surface area contributed by atoms with E-state index in [2.05, 4.69) is 10.3 Å². The van der Waals surface area contributed by atoms with Gasteiger partial charge < -0.3 is 15.1 Å². The van der Waals surface area contributed by atoms with Crippen molar-refractivity contribution in [2.45, 2.75) is 19.9 Å². The Labute approximate surface area is 120 Å². The fourth-order valence-electron chi connectivity index (χ4n) is 2.35. The van der Waals surface area contributed by atoms with Crippen molar-refractivity contribution < 1.29 is 14.0 Å². The van der Waals surface area contributed by atoms with Crippen molar-refractivity contribution >= 4 is 11.8 Å². The second-order valence-electron chi connectivity index (χ2n) is 5.18. The Bertz CT molecular complexity index is 711. The second kappa shape index (κ2) is 4.72. The van der Waals surface area contributed by atoms with Crippen LogP contribution in [0.2, 0.25) is 0 Å². The summed E-state index contributed by atoms with van der Waals surface area (Å²) in [5.41, 5.74) is 6.08. The number of amides is 2. The summed E-state index contributed by atoms with van der Waals surface area (Å²) < 4.78 is 6.98. The molecule has 0 aliphatic carbocycles. The molecule has 1 saturated heterocycles. The molecular weight excluding hydrogens is 274 g/mol. The maximum atomic E-state index is 12.3. The number of carbonyl (C=O) groups excluding carboxylic acids is 2. The molecule has 0 bridgehead atoms. The largest absolute Gasteiger partial charge is 0.456 e. The van der Waals surface area contributed by atoms with Crippen LogP contribution in [0.15, 0.2) is 16.7 Å². The van der Waals surface area contributed by atoms with Crippen LogP contribution >= 0.6 is 0 Å². The summed E-state index contributed by atoms with van der Waals surface area (Å²) in [7, 11) is 0. The molecule has 0 spiro atoms. The van der Waals surface area contributed by atoms with E-state index in [0.717, 1.165) is 11.3 Å². The third-order valence-corrected chi connectivity index (χ3v) is 3.52. The predicted molar refractivity (Wildman–Crippen MR) is 71.7 cm³/mol. The number of hydrogen-bond donors (Lipinski definition) is 1. The normalized spacial score (nSPS) is 15.0. The monoisotopic (exact) mass is 289 g/mol. The summed E-state index contributed by atoms with van der Waals surface area (Å²) in [5, 5.41) is 7.53. The first-order valence-corrected chi connectivity index (χ1v) is 6.53. The summed E-state index contributed by atoms with van der Waals surface area (Å²) in [6, 6.07) is 1.84. The summed E-state index contributed by atoms with van der Waals surface area (Å²) in [5.74, 6) is 0.347. The topological polar surface area (TPSA) is 107 Å².